The largest absolute Gasteiger partial charge is 0.326 e. The Kier molecular flexibility index (Phi) is 4.66. The number of aromatic nitrogens is 2. The molecule has 0 amide bonds. The minimum absolute atomic E-state index is 0.0887. The van der Waals surface area contributed by atoms with Gasteiger partial charge in [0.25, 0.3) is 0 Å². The van der Waals surface area contributed by atoms with E-state index in [0.717, 1.165) is 0 Å². The van der Waals surface area contributed by atoms with Crippen molar-refractivity contribution >= 4 is 21.6 Å². The molecule has 0 saturated heterocycles. The fourth-order valence-corrected chi connectivity index (χ4v) is 2.79. The summed E-state index contributed by atoms with van der Waals surface area (Å²) in [5.41, 5.74) is 6.67. The number of sulfonamides is 1. The van der Waals surface area contributed by atoms with Crippen molar-refractivity contribution in [3.8, 4) is 0 Å². The number of hydrogen-bond acceptors (Lipinski definition) is 5. The van der Waals surface area contributed by atoms with Gasteiger partial charge in [-0.15, -0.1) is 0 Å². The fraction of sp³-hybridized carbons (Fsp3) is 0.167. The molecule has 2 aromatic rings. The zero-order valence-corrected chi connectivity index (χ0v) is 12.0. The Morgan fingerprint density at radius 2 is 2.10 bits per heavy atom. The number of nitrogens with zero attached hydrogens (tertiary/aromatic N) is 2. The Morgan fingerprint density at radius 1 is 1.30 bits per heavy atom. The van der Waals surface area contributed by atoms with E-state index in [2.05, 4.69) is 14.7 Å². The molecule has 0 aliphatic carbocycles. The van der Waals surface area contributed by atoms with Crippen LogP contribution in [0.4, 0.5) is 0 Å². The van der Waals surface area contributed by atoms with Gasteiger partial charge in [-0.3, -0.25) is 0 Å². The number of benzene rings is 1. The highest BCUT2D eigenvalue weighted by atomic mass is 35.5. The van der Waals surface area contributed by atoms with E-state index < -0.39 is 10.0 Å². The first kappa shape index (κ1) is 14.9. The molecular weight excluding hydrogens is 300 g/mol. The molecule has 0 bridgehead atoms. The minimum Gasteiger partial charge on any atom is -0.326 e. The molecule has 0 radical (unpaired) electrons. The number of nitrogens with two attached hydrogens (primary N) is 1. The lowest BCUT2D eigenvalue weighted by atomic mass is 10.2. The lowest BCUT2D eigenvalue weighted by Gasteiger charge is -2.08. The maximum Gasteiger partial charge on any atom is 0.240 e. The van der Waals surface area contributed by atoms with E-state index in [4.69, 9.17) is 17.3 Å². The number of halogens is 1. The highest BCUT2D eigenvalue weighted by molar-refractivity contribution is 7.89. The molecule has 0 fully saturated rings. The van der Waals surface area contributed by atoms with Gasteiger partial charge in [-0.05, 0) is 29.8 Å². The van der Waals surface area contributed by atoms with Gasteiger partial charge >= 0.3 is 0 Å². The van der Waals surface area contributed by atoms with Crippen molar-refractivity contribution < 1.29 is 8.42 Å². The van der Waals surface area contributed by atoms with E-state index in [9.17, 15) is 8.42 Å². The molecule has 20 heavy (non-hydrogen) atoms. The number of nitrogens with one attached hydrogen (secondary N) is 1. The molecule has 3 N–H and O–H groups in total. The fourth-order valence-electron chi connectivity index (χ4n) is 1.55. The van der Waals surface area contributed by atoms with Crippen LogP contribution in [0, 0.1) is 0 Å². The van der Waals surface area contributed by atoms with Crippen LogP contribution in [0.15, 0.2) is 41.7 Å². The Hall–Kier alpha value is -1.54. The zero-order valence-electron chi connectivity index (χ0n) is 10.5. The highest BCUT2D eigenvalue weighted by Crippen LogP contribution is 2.20. The van der Waals surface area contributed by atoms with Crippen LogP contribution in [0.2, 0.25) is 5.02 Å². The van der Waals surface area contributed by atoms with Crippen LogP contribution in [-0.4, -0.2) is 18.4 Å². The summed E-state index contributed by atoms with van der Waals surface area (Å²) in [6.45, 7) is 0.263. The van der Waals surface area contributed by atoms with Gasteiger partial charge in [0.15, 0.2) is 0 Å². The van der Waals surface area contributed by atoms with E-state index >= 15 is 0 Å². The smallest absolute Gasteiger partial charge is 0.240 e. The van der Waals surface area contributed by atoms with Crippen LogP contribution in [0.1, 0.15) is 11.3 Å². The van der Waals surface area contributed by atoms with Gasteiger partial charge in [0.2, 0.25) is 10.0 Å². The third-order valence-corrected chi connectivity index (χ3v) is 4.40. The first-order valence-corrected chi connectivity index (χ1v) is 7.62. The summed E-state index contributed by atoms with van der Waals surface area (Å²) in [7, 11) is -3.63. The van der Waals surface area contributed by atoms with Gasteiger partial charge in [-0.25, -0.2) is 23.1 Å². The zero-order chi connectivity index (χ0) is 14.6. The van der Waals surface area contributed by atoms with Crippen LogP contribution in [0.25, 0.3) is 0 Å². The molecule has 0 spiro atoms. The number of rotatable bonds is 5. The molecule has 1 aromatic heterocycles. The molecular formula is C12H13ClN4O2S. The van der Waals surface area contributed by atoms with Crippen LogP contribution in [0.3, 0.4) is 0 Å². The molecule has 0 aliphatic rings. The summed E-state index contributed by atoms with van der Waals surface area (Å²) in [4.78, 5) is 7.83. The highest BCUT2D eigenvalue weighted by Gasteiger charge is 2.15. The second-order valence-electron chi connectivity index (χ2n) is 3.98. The van der Waals surface area contributed by atoms with Gasteiger partial charge in [0.05, 0.1) is 17.1 Å². The molecule has 0 saturated carbocycles. The third-order valence-electron chi connectivity index (χ3n) is 2.63. The monoisotopic (exact) mass is 312 g/mol. The van der Waals surface area contributed by atoms with E-state index in [1.807, 2.05) is 0 Å². The molecule has 8 heteroatoms. The van der Waals surface area contributed by atoms with Crippen LogP contribution in [-0.2, 0) is 23.1 Å². The standard InChI is InChI=1S/C12H13ClN4O2S/c13-12-2-1-11(5-9(12)6-14)20(18,19)17-7-10-3-4-15-8-16-10/h1-5,8,17H,6-7,14H2. The van der Waals surface area contributed by atoms with E-state index in [0.29, 0.717) is 16.3 Å². The number of hydrogen-bond donors (Lipinski definition) is 2. The van der Waals surface area contributed by atoms with Crippen molar-refractivity contribution in [2.45, 2.75) is 18.0 Å². The van der Waals surface area contributed by atoms with Crippen LogP contribution >= 0.6 is 11.6 Å². The Labute approximate surface area is 122 Å². The normalized spacial score (nSPS) is 11.5. The molecule has 1 aromatic carbocycles. The predicted octanol–water partition coefficient (Wildman–Crippen LogP) is 1.07. The maximum absolute atomic E-state index is 12.1. The van der Waals surface area contributed by atoms with Crippen molar-refractivity contribution in [1.29, 1.82) is 0 Å². The quantitative estimate of drug-likeness (QED) is 0.860. The molecule has 0 unspecified atom stereocenters. The topological polar surface area (TPSA) is 98.0 Å². The van der Waals surface area contributed by atoms with Gasteiger partial charge in [-0.1, -0.05) is 11.6 Å². The minimum atomic E-state index is -3.63. The van der Waals surface area contributed by atoms with E-state index in [1.165, 1.54) is 24.5 Å². The summed E-state index contributed by atoms with van der Waals surface area (Å²) in [5.74, 6) is 0. The molecule has 6 nitrogen and oxygen atoms in total. The molecule has 106 valence electrons. The Morgan fingerprint density at radius 3 is 2.75 bits per heavy atom. The summed E-state index contributed by atoms with van der Waals surface area (Å²) >= 11 is 5.91. The third kappa shape index (κ3) is 3.51. The molecule has 0 atom stereocenters. The van der Waals surface area contributed by atoms with Gasteiger partial charge in [-0.2, -0.15) is 0 Å². The average Bonchev–Trinajstić information content (AvgIpc) is 2.46. The van der Waals surface area contributed by atoms with Gasteiger partial charge < -0.3 is 5.73 Å². The summed E-state index contributed by atoms with van der Waals surface area (Å²) in [6.07, 6.45) is 2.91. The first-order valence-electron chi connectivity index (χ1n) is 5.76. The second kappa shape index (κ2) is 6.27. The van der Waals surface area contributed by atoms with E-state index in [1.54, 1.807) is 12.3 Å². The second-order valence-corrected chi connectivity index (χ2v) is 6.16. The van der Waals surface area contributed by atoms with Crippen molar-refractivity contribution in [3.63, 3.8) is 0 Å². The van der Waals surface area contributed by atoms with Crippen LogP contribution in [0.5, 0.6) is 0 Å². The first-order chi connectivity index (χ1) is 9.53. The van der Waals surface area contributed by atoms with Crippen molar-refractivity contribution in [3.05, 3.63) is 53.1 Å². The lowest BCUT2D eigenvalue weighted by molar-refractivity contribution is 0.580. The average molecular weight is 313 g/mol. The molecule has 1 heterocycles. The van der Waals surface area contributed by atoms with Crippen LogP contribution < -0.4 is 10.5 Å². The van der Waals surface area contributed by atoms with Crippen molar-refractivity contribution in [2.24, 2.45) is 5.73 Å². The maximum atomic E-state index is 12.1. The van der Waals surface area contributed by atoms with E-state index in [-0.39, 0.29) is 18.0 Å². The van der Waals surface area contributed by atoms with Gasteiger partial charge in [0, 0.05) is 17.8 Å². The van der Waals surface area contributed by atoms with Crippen molar-refractivity contribution in [2.75, 3.05) is 0 Å². The Balaban J connectivity index is 2.18. The predicted molar refractivity (Wildman–Crippen MR) is 75.4 cm³/mol. The molecule has 0 aliphatic heterocycles. The summed E-state index contributed by atoms with van der Waals surface area (Å²) < 4.78 is 26.8. The molecule has 2 rings (SSSR count). The lowest BCUT2D eigenvalue weighted by Crippen LogP contribution is -2.24. The van der Waals surface area contributed by atoms with Gasteiger partial charge in [0.1, 0.15) is 6.33 Å². The summed E-state index contributed by atoms with van der Waals surface area (Å²) in [5, 5.41) is 0.447. The Bertz CT molecular complexity index is 692. The summed E-state index contributed by atoms with van der Waals surface area (Å²) in [6, 6.07) is 6.05. The van der Waals surface area contributed by atoms with Crippen molar-refractivity contribution in [1.82, 2.24) is 14.7 Å². The SMILES string of the molecule is NCc1cc(S(=O)(=O)NCc2ccncn2)ccc1Cl.